The van der Waals surface area contributed by atoms with E-state index < -0.39 is 0 Å². The predicted octanol–water partition coefficient (Wildman–Crippen LogP) is 3.17. The highest BCUT2D eigenvalue weighted by molar-refractivity contribution is 7.12. The topological polar surface area (TPSA) is 110 Å². The van der Waals surface area contributed by atoms with Crippen molar-refractivity contribution in [2.24, 2.45) is 17.6 Å². The molecule has 0 radical (unpaired) electrons. The van der Waals surface area contributed by atoms with E-state index >= 15 is 0 Å². The Balaban J connectivity index is 1.51. The maximum atomic E-state index is 12.7. The molecule has 7 nitrogen and oxygen atoms in total. The summed E-state index contributed by atoms with van der Waals surface area (Å²) in [4.78, 5) is 20.3. The second-order valence-corrected chi connectivity index (χ2v) is 7.84. The minimum atomic E-state index is 0.0507. The van der Waals surface area contributed by atoms with Crippen LogP contribution in [-0.2, 0) is 4.79 Å². The van der Waals surface area contributed by atoms with Gasteiger partial charge in [-0.2, -0.15) is 0 Å². The minimum Gasteiger partial charge on any atom is -0.337 e. The molecular weight excluding hydrogens is 348 g/mol. The van der Waals surface area contributed by atoms with Gasteiger partial charge in [0.1, 0.15) is 11.2 Å². The number of hydrogen-bond donors (Lipinski definition) is 3. The maximum absolute atomic E-state index is 12.7. The van der Waals surface area contributed by atoms with Gasteiger partial charge in [0.05, 0.1) is 11.4 Å². The second kappa shape index (κ2) is 7.13. The van der Waals surface area contributed by atoms with Gasteiger partial charge in [0.2, 0.25) is 5.91 Å². The Labute approximate surface area is 155 Å². The summed E-state index contributed by atoms with van der Waals surface area (Å²) in [5.41, 5.74) is 10.1. The van der Waals surface area contributed by atoms with Gasteiger partial charge >= 0.3 is 0 Å². The summed E-state index contributed by atoms with van der Waals surface area (Å²) in [6.45, 7) is 2.06. The zero-order valence-electron chi connectivity index (χ0n) is 14.6. The molecule has 1 aliphatic rings. The lowest BCUT2D eigenvalue weighted by molar-refractivity contribution is -0.121. The number of nitrogens with two attached hydrogens (primary N) is 1. The van der Waals surface area contributed by atoms with Crippen LogP contribution in [0.25, 0.3) is 21.7 Å². The highest BCUT2D eigenvalue weighted by atomic mass is 32.1. The highest BCUT2D eigenvalue weighted by Crippen LogP contribution is 2.32. The number of pyridine rings is 1. The number of carbonyl (C=O) groups excluding carboxylic acids is 1. The number of fused-ring (bicyclic) bond motifs is 1. The van der Waals surface area contributed by atoms with E-state index in [1.165, 1.54) is 11.3 Å². The molecule has 0 aromatic carbocycles. The van der Waals surface area contributed by atoms with E-state index in [-0.39, 0.29) is 17.9 Å². The molecule has 136 valence electrons. The largest absolute Gasteiger partial charge is 0.337 e. The van der Waals surface area contributed by atoms with Gasteiger partial charge in [0.25, 0.3) is 0 Å². The predicted molar refractivity (Wildman–Crippen MR) is 103 cm³/mol. The van der Waals surface area contributed by atoms with Gasteiger partial charge in [-0.25, -0.2) is 4.98 Å². The molecule has 1 atom stereocenters. The van der Waals surface area contributed by atoms with Crippen molar-refractivity contribution in [3.05, 3.63) is 23.8 Å². The summed E-state index contributed by atoms with van der Waals surface area (Å²) in [5.74, 6) is 0.667. The SMILES string of the molecule is CC(N)C1CCC(C(=O)Nc2ccnc3[nH]c(-c4nncs4)cc23)CC1. The van der Waals surface area contributed by atoms with Gasteiger partial charge in [0, 0.05) is 23.5 Å². The zero-order chi connectivity index (χ0) is 18.1. The lowest BCUT2D eigenvalue weighted by Crippen LogP contribution is -2.33. The number of aromatic nitrogens is 4. The standard InChI is InChI=1S/C18H22N6OS/c1-10(19)11-2-4-12(5-3-11)17(25)23-14-6-7-20-16-13(14)8-15(22-16)18-24-21-9-26-18/h6-12H,2-5,19H2,1H3,(H2,20,22,23,25). The molecule has 1 aliphatic carbocycles. The van der Waals surface area contributed by atoms with E-state index in [0.29, 0.717) is 5.92 Å². The van der Waals surface area contributed by atoms with Crippen molar-refractivity contribution >= 4 is 34.0 Å². The maximum Gasteiger partial charge on any atom is 0.227 e. The number of H-pyrrole nitrogens is 1. The molecule has 0 aliphatic heterocycles. The van der Waals surface area contributed by atoms with E-state index in [1.807, 2.05) is 12.1 Å². The first-order valence-electron chi connectivity index (χ1n) is 8.92. The fourth-order valence-electron chi connectivity index (χ4n) is 3.68. The molecule has 1 amide bonds. The number of aromatic amines is 1. The van der Waals surface area contributed by atoms with Gasteiger partial charge < -0.3 is 16.0 Å². The molecule has 0 saturated heterocycles. The quantitative estimate of drug-likeness (QED) is 0.653. The van der Waals surface area contributed by atoms with Crippen LogP contribution in [0.5, 0.6) is 0 Å². The Morgan fingerprint density at radius 2 is 2.19 bits per heavy atom. The van der Waals surface area contributed by atoms with E-state index in [0.717, 1.165) is 53.1 Å². The van der Waals surface area contributed by atoms with E-state index in [2.05, 4.69) is 32.4 Å². The van der Waals surface area contributed by atoms with Crippen molar-refractivity contribution in [3.8, 4) is 10.7 Å². The fraction of sp³-hybridized carbons (Fsp3) is 0.444. The number of anilines is 1. The van der Waals surface area contributed by atoms with Gasteiger partial charge in [0.15, 0.2) is 5.01 Å². The normalized spacial score (nSPS) is 21.6. The molecule has 1 fully saturated rings. The average molecular weight is 370 g/mol. The fourth-order valence-corrected chi connectivity index (χ4v) is 4.21. The van der Waals surface area contributed by atoms with Crippen LogP contribution in [-0.4, -0.2) is 32.1 Å². The molecule has 3 aromatic rings. The summed E-state index contributed by atoms with van der Waals surface area (Å²) in [6.07, 6.45) is 5.54. The van der Waals surface area contributed by atoms with Crippen molar-refractivity contribution in [1.29, 1.82) is 0 Å². The van der Waals surface area contributed by atoms with Crippen LogP contribution in [0.1, 0.15) is 32.6 Å². The van der Waals surface area contributed by atoms with Crippen LogP contribution in [0.15, 0.2) is 23.8 Å². The van der Waals surface area contributed by atoms with Crippen LogP contribution >= 0.6 is 11.3 Å². The third kappa shape index (κ3) is 3.34. The number of nitrogens with one attached hydrogen (secondary N) is 2. The average Bonchev–Trinajstić information content (AvgIpc) is 3.31. The third-order valence-corrected chi connectivity index (χ3v) is 5.99. The van der Waals surface area contributed by atoms with E-state index in [1.54, 1.807) is 11.7 Å². The summed E-state index contributed by atoms with van der Waals surface area (Å²) in [6, 6.07) is 4.01. The number of nitrogens with zero attached hydrogens (tertiary/aromatic N) is 3. The number of rotatable bonds is 4. The molecule has 0 spiro atoms. The molecular formula is C18H22N6OS. The first-order valence-corrected chi connectivity index (χ1v) is 9.80. The molecule has 8 heteroatoms. The molecule has 4 rings (SSSR count). The van der Waals surface area contributed by atoms with Gasteiger partial charge in [-0.3, -0.25) is 4.79 Å². The Morgan fingerprint density at radius 1 is 1.38 bits per heavy atom. The Hall–Kier alpha value is -2.32. The summed E-state index contributed by atoms with van der Waals surface area (Å²) >= 11 is 1.46. The number of hydrogen-bond acceptors (Lipinski definition) is 6. The minimum absolute atomic E-state index is 0.0507. The summed E-state index contributed by atoms with van der Waals surface area (Å²) < 4.78 is 0. The summed E-state index contributed by atoms with van der Waals surface area (Å²) in [5, 5.41) is 12.7. The van der Waals surface area contributed by atoms with E-state index in [4.69, 9.17) is 5.73 Å². The molecule has 1 unspecified atom stereocenters. The van der Waals surface area contributed by atoms with Crippen LogP contribution in [0, 0.1) is 11.8 Å². The van der Waals surface area contributed by atoms with Crippen molar-refractivity contribution in [3.63, 3.8) is 0 Å². The molecule has 26 heavy (non-hydrogen) atoms. The molecule has 0 bridgehead atoms. The second-order valence-electron chi connectivity index (χ2n) is 7.01. The van der Waals surface area contributed by atoms with Gasteiger partial charge in [-0.1, -0.05) is 11.3 Å². The molecule has 4 N–H and O–H groups in total. The Morgan fingerprint density at radius 3 is 2.88 bits per heavy atom. The molecule has 1 saturated carbocycles. The lowest BCUT2D eigenvalue weighted by atomic mass is 9.79. The Kier molecular flexibility index (Phi) is 4.69. The van der Waals surface area contributed by atoms with Gasteiger partial charge in [-0.15, -0.1) is 10.2 Å². The third-order valence-electron chi connectivity index (χ3n) is 5.27. The van der Waals surface area contributed by atoms with Crippen molar-refractivity contribution in [2.45, 2.75) is 38.6 Å². The van der Waals surface area contributed by atoms with Gasteiger partial charge in [-0.05, 0) is 50.7 Å². The van der Waals surface area contributed by atoms with Crippen LogP contribution in [0.3, 0.4) is 0 Å². The van der Waals surface area contributed by atoms with Crippen molar-refractivity contribution in [2.75, 3.05) is 5.32 Å². The monoisotopic (exact) mass is 370 g/mol. The van der Waals surface area contributed by atoms with E-state index in [9.17, 15) is 4.79 Å². The Bertz CT molecular complexity index is 896. The smallest absolute Gasteiger partial charge is 0.227 e. The zero-order valence-corrected chi connectivity index (χ0v) is 15.4. The van der Waals surface area contributed by atoms with Crippen LogP contribution in [0.4, 0.5) is 5.69 Å². The highest BCUT2D eigenvalue weighted by Gasteiger charge is 2.28. The molecule has 3 heterocycles. The number of amides is 1. The van der Waals surface area contributed by atoms with Crippen LogP contribution in [0.2, 0.25) is 0 Å². The summed E-state index contributed by atoms with van der Waals surface area (Å²) in [7, 11) is 0. The number of carbonyl (C=O) groups is 1. The van der Waals surface area contributed by atoms with Crippen molar-refractivity contribution < 1.29 is 4.79 Å². The first-order chi connectivity index (χ1) is 12.6. The van der Waals surface area contributed by atoms with Crippen LogP contribution < -0.4 is 11.1 Å². The lowest BCUT2D eigenvalue weighted by Gasteiger charge is -2.30. The van der Waals surface area contributed by atoms with Crippen molar-refractivity contribution in [1.82, 2.24) is 20.2 Å². The first kappa shape index (κ1) is 17.1. The molecule has 3 aromatic heterocycles.